The van der Waals surface area contributed by atoms with Gasteiger partial charge in [0.1, 0.15) is 5.82 Å². The molecule has 0 amide bonds. The van der Waals surface area contributed by atoms with Crippen LogP contribution in [-0.4, -0.2) is 53.7 Å². The van der Waals surface area contributed by atoms with Crippen molar-refractivity contribution in [1.82, 2.24) is 9.88 Å². The second-order valence-corrected chi connectivity index (χ2v) is 4.87. The molecule has 0 saturated carbocycles. The van der Waals surface area contributed by atoms with Gasteiger partial charge in [-0.05, 0) is 39.1 Å². The van der Waals surface area contributed by atoms with Gasteiger partial charge in [0.25, 0.3) is 0 Å². The number of carbonyl (C=O) groups is 1. The van der Waals surface area contributed by atoms with Gasteiger partial charge in [-0.1, -0.05) is 0 Å². The molecule has 1 atom stereocenters. The molecule has 98 valence electrons. The van der Waals surface area contributed by atoms with Crippen molar-refractivity contribution in [1.29, 1.82) is 0 Å². The molecule has 1 unspecified atom stereocenters. The molecule has 0 bridgehead atoms. The Morgan fingerprint density at radius 3 is 3.00 bits per heavy atom. The molecule has 0 spiro atoms. The number of nitrogens with zero attached hydrogens (tertiary/aromatic N) is 3. The fraction of sp³-hybridized carbons (Fsp3) is 0.538. The van der Waals surface area contributed by atoms with Crippen molar-refractivity contribution in [3.8, 4) is 0 Å². The summed E-state index contributed by atoms with van der Waals surface area (Å²) in [5, 5.41) is 9.02. The molecule has 2 rings (SSSR count). The molecule has 0 radical (unpaired) electrons. The van der Waals surface area contributed by atoms with E-state index in [0.717, 1.165) is 31.9 Å². The van der Waals surface area contributed by atoms with Crippen molar-refractivity contribution in [3.05, 3.63) is 23.9 Å². The molecule has 0 aliphatic carbocycles. The van der Waals surface area contributed by atoms with E-state index in [4.69, 9.17) is 5.11 Å². The maximum Gasteiger partial charge on any atom is 0.335 e. The summed E-state index contributed by atoms with van der Waals surface area (Å²) in [6.07, 6.45) is 2.64. The van der Waals surface area contributed by atoms with E-state index in [-0.39, 0.29) is 0 Å². The number of pyridine rings is 1. The van der Waals surface area contributed by atoms with Crippen molar-refractivity contribution in [2.75, 3.05) is 31.6 Å². The average molecular weight is 249 g/mol. The lowest BCUT2D eigenvalue weighted by Gasteiger charge is -2.29. The molecule has 1 aromatic heterocycles. The van der Waals surface area contributed by atoms with E-state index in [0.29, 0.717) is 11.6 Å². The number of aromatic carboxylic acids is 1. The number of carboxylic acids is 1. The van der Waals surface area contributed by atoms with E-state index < -0.39 is 5.97 Å². The van der Waals surface area contributed by atoms with Crippen molar-refractivity contribution < 1.29 is 9.90 Å². The Balaban J connectivity index is 2.24. The van der Waals surface area contributed by atoms with Crippen molar-refractivity contribution in [2.24, 2.45) is 0 Å². The lowest BCUT2D eigenvalue weighted by molar-refractivity contribution is 0.0697. The van der Waals surface area contributed by atoms with Gasteiger partial charge in [-0.25, -0.2) is 9.78 Å². The molecule has 1 aromatic rings. The average Bonchev–Trinajstić information content (AvgIpc) is 2.50. The lowest BCUT2D eigenvalue weighted by Crippen LogP contribution is -2.38. The molecule has 1 aliphatic heterocycles. The predicted molar refractivity (Wildman–Crippen MR) is 70.1 cm³/mol. The highest BCUT2D eigenvalue weighted by Gasteiger charge is 2.21. The Kier molecular flexibility index (Phi) is 3.81. The van der Waals surface area contributed by atoms with Crippen molar-refractivity contribution in [3.63, 3.8) is 0 Å². The summed E-state index contributed by atoms with van der Waals surface area (Å²) >= 11 is 0. The summed E-state index contributed by atoms with van der Waals surface area (Å²) < 4.78 is 0. The molecular weight excluding hydrogens is 230 g/mol. The van der Waals surface area contributed by atoms with Gasteiger partial charge in [0.15, 0.2) is 0 Å². The fourth-order valence-electron chi connectivity index (χ4n) is 2.42. The van der Waals surface area contributed by atoms with Crippen LogP contribution in [0.1, 0.15) is 23.7 Å². The highest BCUT2D eigenvalue weighted by atomic mass is 16.4. The first-order chi connectivity index (χ1) is 8.58. The van der Waals surface area contributed by atoms with E-state index >= 15 is 0 Å². The van der Waals surface area contributed by atoms with Crippen LogP contribution in [0.2, 0.25) is 0 Å². The van der Waals surface area contributed by atoms with Gasteiger partial charge in [-0.15, -0.1) is 0 Å². The molecule has 0 aromatic carbocycles. The van der Waals surface area contributed by atoms with Gasteiger partial charge in [0.2, 0.25) is 0 Å². The first-order valence-corrected chi connectivity index (χ1v) is 6.22. The minimum absolute atomic E-state index is 0.296. The van der Waals surface area contributed by atoms with Gasteiger partial charge in [0.05, 0.1) is 5.56 Å². The zero-order valence-corrected chi connectivity index (χ0v) is 10.8. The minimum Gasteiger partial charge on any atom is -0.478 e. The van der Waals surface area contributed by atoms with E-state index in [1.807, 2.05) is 0 Å². The number of carboxylic acid groups (broad SMARTS) is 1. The van der Waals surface area contributed by atoms with Crippen LogP contribution in [0, 0.1) is 0 Å². The van der Waals surface area contributed by atoms with Crippen molar-refractivity contribution in [2.45, 2.75) is 19.4 Å². The summed E-state index contributed by atoms with van der Waals surface area (Å²) in [6, 6.07) is 3.53. The van der Waals surface area contributed by atoms with Crippen LogP contribution >= 0.6 is 0 Å². The fourth-order valence-corrected chi connectivity index (χ4v) is 2.42. The highest BCUT2D eigenvalue weighted by Crippen LogP contribution is 2.18. The van der Waals surface area contributed by atoms with Gasteiger partial charge in [-0.2, -0.15) is 0 Å². The Labute approximate surface area is 107 Å². The maximum absolute atomic E-state index is 11.0. The zero-order chi connectivity index (χ0) is 13.1. The van der Waals surface area contributed by atoms with Crippen LogP contribution < -0.4 is 4.90 Å². The molecule has 1 aliphatic rings. The third-order valence-corrected chi connectivity index (χ3v) is 3.33. The van der Waals surface area contributed by atoms with Gasteiger partial charge < -0.3 is 14.9 Å². The zero-order valence-electron chi connectivity index (χ0n) is 10.8. The Hall–Kier alpha value is -1.62. The molecular formula is C13H19N3O2. The molecule has 5 heteroatoms. The van der Waals surface area contributed by atoms with E-state index in [1.54, 1.807) is 12.3 Å². The highest BCUT2D eigenvalue weighted by molar-refractivity contribution is 5.88. The van der Waals surface area contributed by atoms with Crippen LogP contribution in [0.4, 0.5) is 5.82 Å². The van der Waals surface area contributed by atoms with Crippen LogP contribution in [-0.2, 0) is 0 Å². The Morgan fingerprint density at radius 1 is 1.50 bits per heavy atom. The minimum atomic E-state index is -0.904. The standard InChI is InChI=1S/C13H19N3O2/c1-10-9-15(2)6-3-7-16(10)12-8-11(13(17)18)4-5-14-12/h4-5,8,10H,3,6-7,9H2,1-2H3,(H,17,18). The van der Waals surface area contributed by atoms with Crippen LogP contribution in [0.5, 0.6) is 0 Å². The summed E-state index contributed by atoms with van der Waals surface area (Å²) in [5.74, 6) is -0.143. The van der Waals surface area contributed by atoms with E-state index in [2.05, 4.69) is 28.8 Å². The first-order valence-electron chi connectivity index (χ1n) is 6.22. The summed E-state index contributed by atoms with van der Waals surface area (Å²) in [7, 11) is 2.11. The number of likely N-dealkylation sites (N-methyl/N-ethyl adjacent to an activating group) is 1. The second-order valence-electron chi connectivity index (χ2n) is 4.87. The predicted octanol–water partition coefficient (Wildman–Crippen LogP) is 1.31. The first kappa shape index (κ1) is 12.8. The van der Waals surface area contributed by atoms with E-state index in [9.17, 15) is 4.79 Å². The number of hydrogen-bond donors (Lipinski definition) is 1. The molecule has 1 saturated heterocycles. The number of aromatic nitrogens is 1. The third-order valence-electron chi connectivity index (χ3n) is 3.33. The lowest BCUT2D eigenvalue weighted by atomic mass is 10.2. The number of anilines is 1. The number of rotatable bonds is 2. The SMILES string of the molecule is CC1CN(C)CCCN1c1cc(C(=O)O)ccn1. The summed E-state index contributed by atoms with van der Waals surface area (Å²) in [4.78, 5) is 19.8. The summed E-state index contributed by atoms with van der Waals surface area (Å²) in [6.45, 7) is 5.11. The quantitative estimate of drug-likeness (QED) is 0.856. The van der Waals surface area contributed by atoms with E-state index in [1.165, 1.54) is 6.07 Å². The molecule has 2 heterocycles. The monoisotopic (exact) mass is 249 g/mol. The molecule has 1 fully saturated rings. The second kappa shape index (κ2) is 5.35. The maximum atomic E-state index is 11.0. The topological polar surface area (TPSA) is 56.7 Å². The summed E-state index contributed by atoms with van der Waals surface area (Å²) in [5.41, 5.74) is 0.296. The van der Waals surface area contributed by atoms with Crippen LogP contribution in [0.3, 0.4) is 0 Å². The van der Waals surface area contributed by atoms with Gasteiger partial charge in [0, 0.05) is 25.3 Å². The molecule has 18 heavy (non-hydrogen) atoms. The van der Waals surface area contributed by atoms with Crippen molar-refractivity contribution >= 4 is 11.8 Å². The van der Waals surface area contributed by atoms with Crippen LogP contribution in [0.15, 0.2) is 18.3 Å². The van der Waals surface area contributed by atoms with Gasteiger partial charge >= 0.3 is 5.97 Å². The molecule has 1 N–H and O–H groups in total. The van der Waals surface area contributed by atoms with Gasteiger partial charge in [-0.3, -0.25) is 0 Å². The Morgan fingerprint density at radius 2 is 2.28 bits per heavy atom. The van der Waals surface area contributed by atoms with Crippen LogP contribution in [0.25, 0.3) is 0 Å². The third kappa shape index (κ3) is 2.79. The smallest absolute Gasteiger partial charge is 0.335 e. The Bertz CT molecular complexity index is 436. The normalized spacial score (nSPS) is 21.7. The molecule has 5 nitrogen and oxygen atoms in total. The number of hydrogen-bond acceptors (Lipinski definition) is 4. The largest absolute Gasteiger partial charge is 0.478 e.